The summed E-state index contributed by atoms with van der Waals surface area (Å²) in [5.41, 5.74) is 5.75. The van der Waals surface area contributed by atoms with Crippen molar-refractivity contribution in [2.24, 2.45) is 0 Å². The molecule has 0 spiro atoms. The Hall–Kier alpha value is -2.26. The lowest BCUT2D eigenvalue weighted by Gasteiger charge is -2.39. The van der Waals surface area contributed by atoms with E-state index in [1.54, 1.807) is 15.9 Å². The molecular formula is C42H52P2. The first-order valence-electron chi connectivity index (χ1n) is 17.7. The number of hydrogen-bond donors (Lipinski definition) is 0. The standard InChI is InChI=1S/C24H31P.C18H21P/c1-4-12-20(13-5-1)23-18-10-11-19-24(23)25(21-14-6-2-7-15-21)22-16-8-3-9-17-22;1-4-10-16(11-5-1)19(17-12-6-2-7-13-17)18-14-8-3-9-15-18/h1,4-5,10-13,18-19,21-22H,2-3,6-9,14-17H2;1-2,4-7,10-13,18H,3,8-9,14-15H2. The molecule has 0 aromatic heterocycles. The zero-order chi connectivity index (χ0) is 29.8. The Kier molecular flexibility index (Phi) is 12.2. The molecule has 0 unspecified atom stereocenters. The van der Waals surface area contributed by atoms with Crippen molar-refractivity contribution in [1.82, 2.24) is 0 Å². The van der Waals surface area contributed by atoms with E-state index in [1.807, 2.05) is 0 Å². The zero-order valence-corrected chi connectivity index (χ0v) is 28.5. The molecule has 3 saturated carbocycles. The molecule has 230 valence electrons. The quantitative estimate of drug-likeness (QED) is 0.181. The van der Waals surface area contributed by atoms with Gasteiger partial charge in [-0.05, 0) is 90.5 Å². The van der Waals surface area contributed by atoms with E-state index in [4.69, 9.17) is 0 Å². The lowest BCUT2D eigenvalue weighted by molar-refractivity contribution is 0.487. The molecule has 0 heterocycles. The molecule has 0 atom stereocenters. The highest BCUT2D eigenvalue weighted by Gasteiger charge is 2.33. The van der Waals surface area contributed by atoms with Crippen molar-refractivity contribution in [1.29, 1.82) is 0 Å². The lowest BCUT2D eigenvalue weighted by Crippen LogP contribution is -2.27. The van der Waals surface area contributed by atoms with Gasteiger partial charge in [0.2, 0.25) is 0 Å². The van der Waals surface area contributed by atoms with Crippen LogP contribution in [0.4, 0.5) is 0 Å². The fraction of sp³-hybridized carbons (Fsp3) is 0.429. The fourth-order valence-electron chi connectivity index (χ4n) is 8.06. The second-order valence-corrected chi connectivity index (χ2v) is 18.5. The maximum Gasteiger partial charge on any atom is -0.0107 e. The smallest absolute Gasteiger partial charge is 0.0107 e. The van der Waals surface area contributed by atoms with Crippen LogP contribution in [0, 0.1) is 0 Å². The Labute approximate surface area is 270 Å². The van der Waals surface area contributed by atoms with Gasteiger partial charge in [-0.25, -0.2) is 0 Å². The molecule has 4 aromatic carbocycles. The molecular weight excluding hydrogens is 566 g/mol. The largest absolute Gasteiger partial charge is 0.0683 e. The van der Waals surface area contributed by atoms with E-state index in [0.29, 0.717) is 0 Å². The summed E-state index contributed by atoms with van der Waals surface area (Å²) in [6, 6.07) is 42.8. The molecule has 4 aromatic rings. The molecule has 0 N–H and O–H groups in total. The van der Waals surface area contributed by atoms with Crippen LogP contribution in [-0.4, -0.2) is 17.0 Å². The second kappa shape index (κ2) is 16.9. The predicted molar refractivity (Wildman–Crippen MR) is 198 cm³/mol. The van der Waals surface area contributed by atoms with Crippen LogP contribution in [0.15, 0.2) is 115 Å². The van der Waals surface area contributed by atoms with E-state index in [2.05, 4.69) is 115 Å². The minimum absolute atomic E-state index is 0.0365. The van der Waals surface area contributed by atoms with Crippen molar-refractivity contribution in [2.45, 2.75) is 113 Å². The summed E-state index contributed by atoms with van der Waals surface area (Å²) >= 11 is 0. The van der Waals surface area contributed by atoms with Gasteiger partial charge in [0.15, 0.2) is 0 Å². The van der Waals surface area contributed by atoms with Crippen LogP contribution in [0.3, 0.4) is 0 Å². The molecule has 0 saturated heterocycles. The molecule has 3 aliphatic rings. The van der Waals surface area contributed by atoms with Gasteiger partial charge in [0, 0.05) is 0 Å². The minimum atomic E-state index is -0.169. The van der Waals surface area contributed by atoms with Gasteiger partial charge in [-0.3, -0.25) is 0 Å². The molecule has 0 nitrogen and oxygen atoms in total. The molecule has 44 heavy (non-hydrogen) atoms. The van der Waals surface area contributed by atoms with E-state index < -0.39 is 0 Å². The maximum atomic E-state index is 2.48. The van der Waals surface area contributed by atoms with Gasteiger partial charge in [0.1, 0.15) is 0 Å². The summed E-state index contributed by atoms with van der Waals surface area (Å²) in [7, 11) is -0.206. The lowest BCUT2D eigenvalue weighted by atomic mass is 9.99. The summed E-state index contributed by atoms with van der Waals surface area (Å²) in [4.78, 5) is 0. The van der Waals surface area contributed by atoms with Crippen molar-refractivity contribution in [3.63, 3.8) is 0 Å². The molecule has 0 radical (unpaired) electrons. The molecule has 0 amide bonds. The Morgan fingerprint density at radius 1 is 0.364 bits per heavy atom. The van der Waals surface area contributed by atoms with E-state index in [0.717, 1.165) is 17.0 Å². The molecule has 7 rings (SSSR count). The molecule has 2 heteroatoms. The second-order valence-electron chi connectivity index (χ2n) is 13.2. The Balaban J connectivity index is 0.000000162. The molecule has 3 aliphatic carbocycles. The molecule has 3 fully saturated rings. The van der Waals surface area contributed by atoms with Crippen molar-refractivity contribution in [2.75, 3.05) is 0 Å². The number of benzene rings is 4. The van der Waals surface area contributed by atoms with Crippen LogP contribution in [0.25, 0.3) is 11.1 Å². The topological polar surface area (TPSA) is 0 Å². The number of rotatable bonds is 7. The van der Waals surface area contributed by atoms with E-state index in [9.17, 15) is 0 Å². The molecule has 0 aliphatic heterocycles. The highest BCUT2D eigenvalue weighted by atomic mass is 31.1. The zero-order valence-electron chi connectivity index (χ0n) is 26.7. The minimum Gasteiger partial charge on any atom is -0.0683 e. The van der Waals surface area contributed by atoms with Gasteiger partial charge in [0.25, 0.3) is 0 Å². The van der Waals surface area contributed by atoms with Gasteiger partial charge in [-0.2, -0.15) is 0 Å². The summed E-state index contributed by atoms with van der Waals surface area (Å²) in [5.74, 6) is 0. The predicted octanol–water partition coefficient (Wildman–Crippen LogP) is 11.6. The monoisotopic (exact) mass is 618 g/mol. The van der Waals surface area contributed by atoms with Crippen LogP contribution in [0.2, 0.25) is 0 Å². The fourth-order valence-corrected chi connectivity index (χ4v) is 15.0. The van der Waals surface area contributed by atoms with Crippen molar-refractivity contribution in [3.05, 3.63) is 115 Å². The third kappa shape index (κ3) is 8.31. The number of hydrogen-bond acceptors (Lipinski definition) is 0. The Morgan fingerprint density at radius 3 is 1.23 bits per heavy atom. The summed E-state index contributed by atoms with van der Waals surface area (Å²) in [6.07, 6.45) is 21.8. The van der Waals surface area contributed by atoms with Gasteiger partial charge in [-0.1, -0.05) is 181 Å². The first-order valence-corrected chi connectivity index (χ1v) is 20.6. The first kappa shape index (κ1) is 31.7. The third-order valence-corrected chi connectivity index (χ3v) is 16.7. The average Bonchev–Trinajstić information content (AvgIpc) is 3.12. The summed E-state index contributed by atoms with van der Waals surface area (Å²) in [5, 5.41) is 4.81. The van der Waals surface area contributed by atoms with Crippen LogP contribution >= 0.6 is 15.8 Å². The summed E-state index contributed by atoms with van der Waals surface area (Å²) in [6.45, 7) is 0. The van der Waals surface area contributed by atoms with Crippen molar-refractivity contribution < 1.29 is 0 Å². The van der Waals surface area contributed by atoms with Gasteiger partial charge in [-0.15, -0.1) is 0 Å². The third-order valence-electron chi connectivity index (χ3n) is 10.2. The highest BCUT2D eigenvalue weighted by Crippen LogP contribution is 2.56. The average molecular weight is 619 g/mol. The van der Waals surface area contributed by atoms with Gasteiger partial charge in [0.05, 0.1) is 0 Å². The van der Waals surface area contributed by atoms with Crippen molar-refractivity contribution in [3.8, 4) is 11.1 Å². The van der Waals surface area contributed by atoms with Crippen LogP contribution < -0.4 is 15.9 Å². The normalized spacial score (nSPS) is 18.6. The van der Waals surface area contributed by atoms with Gasteiger partial charge >= 0.3 is 0 Å². The van der Waals surface area contributed by atoms with E-state index >= 15 is 0 Å². The Bertz CT molecular complexity index is 1290. The van der Waals surface area contributed by atoms with Gasteiger partial charge < -0.3 is 0 Å². The first-order chi connectivity index (χ1) is 21.9. The van der Waals surface area contributed by atoms with E-state index in [-0.39, 0.29) is 15.8 Å². The van der Waals surface area contributed by atoms with E-state index in [1.165, 1.54) is 107 Å². The summed E-state index contributed by atoms with van der Waals surface area (Å²) < 4.78 is 0. The van der Waals surface area contributed by atoms with Crippen molar-refractivity contribution >= 4 is 31.8 Å². The SMILES string of the molecule is c1ccc(-c2ccccc2P(C2CCCCC2)C2CCCCC2)cc1.c1ccc(P(c2ccccc2)C2CCCCC2)cc1. The molecule has 0 bridgehead atoms. The van der Waals surface area contributed by atoms with Crippen LogP contribution in [0.1, 0.15) is 96.3 Å². The van der Waals surface area contributed by atoms with Crippen LogP contribution in [-0.2, 0) is 0 Å². The highest BCUT2D eigenvalue weighted by molar-refractivity contribution is 7.73. The van der Waals surface area contributed by atoms with Crippen LogP contribution in [0.5, 0.6) is 0 Å². The Morgan fingerprint density at radius 2 is 0.750 bits per heavy atom. The maximum absolute atomic E-state index is 2.48.